The molecule has 3 heterocycles. The van der Waals surface area contributed by atoms with Gasteiger partial charge in [0.2, 0.25) is 11.7 Å². The zero-order valence-electron chi connectivity index (χ0n) is 16.3. The summed E-state index contributed by atoms with van der Waals surface area (Å²) in [4.78, 5) is 0. The van der Waals surface area contributed by atoms with Crippen molar-refractivity contribution in [2.45, 2.75) is 64.3 Å². The highest BCUT2D eigenvalue weighted by molar-refractivity contribution is 5.89. The maximum atomic E-state index is 10.4. The Labute approximate surface area is 165 Å². The molecule has 0 radical (unpaired) electrons. The standard InChI is InChI=1S/C22H24N4O2/c1-19(2)13-6-7-14(15(19)9-13)17-21(12-25)18(26)28-22(27-17)8-4-3-5-16(22)20(21,10-23)11-24/h7,13,15-17,26H,3-6,8-9H2,1-2H3/t13-,15-,16+,17+,21-,22+/m1/s1. The smallest absolute Gasteiger partial charge is 0.218 e. The van der Waals surface area contributed by atoms with E-state index in [-0.39, 0.29) is 17.2 Å². The average Bonchev–Trinajstić information content (AvgIpc) is 2.71. The average molecular weight is 376 g/mol. The van der Waals surface area contributed by atoms with Crippen molar-refractivity contribution in [2.24, 2.45) is 34.0 Å². The summed E-state index contributed by atoms with van der Waals surface area (Å²) in [6.07, 6.45) is 6.21. The fourth-order valence-electron chi connectivity index (χ4n) is 6.83. The highest BCUT2D eigenvalue weighted by Gasteiger charge is 2.81. The molecule has 3 saturated heterocycles. The van der Waals surface area contributed by atoms with Crippen molar-refractivity contribution in [1.29, 1.82) is 21.2 Å². The molecule has 5 fully saturated rings. The van der Waals surface area contributed by atoms with Crippen molar-refractivity contribution in [3.63, 3.8) is 0 Å². The highest BCUT2D eigenvalue weighted by atomic mass is 16.7. The Morgan fingerprint density at radius 3 is 2.50 bits per heavy atom. The number of rotatable bonds is 1. The molecule has 1 spiro atoms. The number of fused-ring (bicyclic) bond motifs is 4. The highest BCUT2D eigenvalue weighted by Crippen LogP contribution is 2.69. The number of hydrogen-bond donors (Lipinski definition) is 1. The van der Waals surface area contributed by atoms with Crippen molar-refractivity contribution in [3.05, 3.63) is 11.6 Å². The maximum absolute atomic E-state index is 10.4. The summed E-state index contributed by atoms with van der Waals surface area (Å²) in [6, 6.07) is 6.67. The van der Waals surface area contributed by atoms with Crippen LogP contribution in [0.25, 0.3) is 0 Å². The van der Waals surface area contributed by atoms with Gasteiger partial charge in [-0.1, -0.05) is 26.3 Å². The molecular formula is C22H24N4O2. The second kappa shape index (κ2) is 5.16. The lowest BCUT2D eigenvalue weighted by Gasteiger charge is -2.66. The zero-order valence-corrected chi connectivity index (χ0v) is 16.3. The summed E-state index contributed by atoms with van der Waals surface area (Å²) < 4.78 is 12.5. The third-order valence-electron chi connectivity index (χ3n) is 8.63. The first-order valence-corrected chi connectivity index (χ1v) is 10.2. The number of nitriles is 3. The lowest BCUT2D eigenvalue weighted by atomic mass is 9.43. The molecule has 0 amide bonds. The molecule has 4 aliphatic carbocycles. The molecule has 7 aliphatic rings. The Bertz CT molecular complexity index is 918. The van der Waals surface area contributed by atoms with Crippen molar-refractivity contribution in [2.75, 3.05) is 0 Å². The molecule has 0 aromatic heterocycles. The van der Waals surface area contributed by atoms with E-state index in [1.165, 1.54) is 0 Å². The van der Waals surface area contributed by atoms with E-state index in [0.717, 1.165) is 31.3 Å². The zero-order chi connectivity index (χ0) is 19.9. The molecule has 0 unspecified atom stereocenters. The Balaban J connectivity index is 1.74. The maximum Gasteiger partial charge on any atom is 0.218 e. The summed E-state index contributed by atoms with van der Waals surface area (Å²) >= 11 is 0. The molecule has 144 valence electrons. The summed E-state index contributed by atoms with van der Waals surface area (Å²) in [5.41, 5.74) is -2.24. The SMILES string of the molecule is CC1(C)[C@@H]2CC=C([C@@H]3O[C@]45CCCC[C@H]4C(C#N)(C#N)[C@@]3(C#N)C(=N)O5)[C@H]1C2. The number of allylic oxidation sites excluding steroid dienone is 1. The normalized spacial score (nSPS) is 46.5. The second-order valence-electron chi connectivity index (χ2n) is 9.74. The van der Waals surface area contributed by atoms with Gasteiger partial charge in [0.05, 0.1) is 24.1 Å². The van der Waals surface area contributed by atoms with Gasteiger partial charge in [-0.3, -0.25) is 5.41 Å². The summed E-state index contributed by atoms with van der Waals surface area (Å²) in [5.74, 6) is -1.04. The topological polar surface area (TPSA) is 114 Å². The van der Waals surface area contributed by atoms with E-state index < -0.39 is 28.6 Å². The third kappa shape index (κ3) is 1.61. The van der Waals surface area contributed by atoms with Gasteiger partial charge in [-0.05, 0) is 48.5 Å². The van der Waals surface area contributed by atoms with Crippen LogP contribution in [0.2, 0.25) is 0 Å². The number of nitrogens with zero attached hydrogens (tertiary/aromatic N) is 3. The Morgan fingerprint density at radius 1 is 1.14 bits per heavy atom. The quantitative estimate of drug-likeness (QED) is 0.699. The molecule has 4 bridgehead atoms. The van der Waals surface area contributed by atoms with Gasteiger partial charge in [0.15, 0.2) is 10.8 Å². The first-order chi connectivity index (χ1) is 13.3. The van der Waals surface area contributed by atoms with E-state index in [9.17, 15) is 15.8 Å². The lowest BCUT2D eigenvalue weighted by Crippen LogP contribution is -2.76. The van der Waals surface area contributed by atoms with E-state index >= 15 is 0 Å². The van der Waals surface area contributed by atoms with Crippen LogP contribution in [0.4, 0.5) is 0 Å². The fraction of sp³-hybridized carbons (Fsp3) is 0.727. The molecule has 28 heavy (non-hydrogen) atoms. The minimum atomic E-state index is -1.72. The van der Waals surface area contributed by atoms with Crippen LogP contribution in [0.5, 0.6) is 0 Å². The van der Waals surface area contributed by atoms with Gasteiger partial charge >= 0.3 is 0 Å². The number of nitrogens with one attached hydrogen (secondary N) is 1. The minimum Gasteiger partial charge on any atom is -0.447 e. The van der Waals surface area contributed by atoms with Crippen LogP contribution in [-0.4, -0.2) is 17.8 Å². The molecule has 3 aliphatic heterocycles. The molecule has 0 aromatic rings. The van der Waals surface area contributed by atoms with Crippen molar-refractivity contribution in [3.8, 4) is 18.2 Å². The van der Waals surface area contributed by atoms with Crippen molar-refractivity contribution < 1.29 is 9.47 Å². The molecular weight excluding hydrogens is 352 g/mol. The van der Waals surface area contributed by atoms with Crippen LogP contribution in [0, 0.1) is 73.4 Å². The van der Waals surface area contributed by atoms with Gasteiger partial charge in [0, 0.05) is 6.42 Å². The first kappa shape index (κ1) is 17.7. The Morgan fingerprint density at radius 2 is 1.89 bits per heavy atom. The molecule has 7 rings (SSSR count). The third-order valence-corrected chi connectivity index (χ3v) is 8.63. The predicted molar refractivity (Wildman–Crippen MR) is 98.2 cm³/mol. The number of ether oxygens (including phenoxy) is 2. The Kier molecular flexibility index (Phi) is 3.27. The van der Waals surface area contributed by atoms with Crippen LogP contribution < -0.4 is 0 Å². The predicted octanol–water partition coefficient (Wildman–Crippen LogP) is 3.82. The lowest BCUT2D eigenvalue weighted by molar-refractivity contribution is -0.352. The van der Waals surface area contributed by atoms with E-state index in [4.69, 9.17) is 14.9 Å². The number of hydrogen-bond acceptors (Lipinski definition) is 6. The van der Waals surface area contributed by atoms with Crippen molar-refractivity contribution in [1.82, 2.24) is 0 Å². The second-order valence-corrected chi connectivity index (χ2v) is 9.74. The van der Waals surface area contributed by atoms with Gasteiger partial charge in [-0.2, -0.15) is 15.8 Å². The molecule has 6 heteroatoms. The molecule has 6 atom stereocenters. The van der Waals surface area contributed by atoms with Gasteiger partial charge < -0.3 is 9.47 Å². The van der Waals surface area contributed by atoms with Gasteiger partial charge in [0.1, 0.15) is 6.10 Å². The molecule has 2 saturated carbocycles. The van der Waals surface area contributed by atoms with Crippen LogP contribution in [0.3, 0.4) is 0 Å². The molecule has 6 nitrogen and oxygen atoms in total. The monoisotopic (exact) mass is 376 g/mol. The van der Waals surface area contributed by atoms with Crippen LogP contribution in [0.1, 0.15) is 52.4 Å². The van der Waals surface area contributed by atoms with Gasteiger partial charge in [0.25, 0.3) is 0 Å². The molecule has 0 aromatic carbocycles. The van der Waals surface area contributed by atoms with Crippen LogP contribution in [-0.2, 0) is 9.47 Å². The summed E-state index contributed by atoms with van der Waals surface area (Å²) in [7, 11) is 0. The van der Waals surface area contributed by atoms with E-state index in [1.807, 2.05) is 0 Å². The fourth-order valence-corrected chi connectivity index (χ4v) is 6.83. The first-order valence-electron chi connectivity index (χ1n) is 10.2. The van der Waals surface area contributed by atoms with Gasteiger partial charge in [-0.25, -0.2) is 0 Å². The largest absolute Gasteiger partial charge is 0.447 e. The van der Waals surface area contributed by atoms with Gasteiger partial charge in [-0.15, -0.1) is 0 Å². The van der Waals surface area contributed by atoms with Crippen LogP contribution in [0.15, 0.2) is 11.6 Å². The molecule has 1 N–H and O–H groups in total. The van der Waals surface area contributed by atoms with E-state index in [1.54, 1.807) is 0 Å². The van der Waals surface area contributed by atoms with Crippen molar-refractivity contribution >= 4 is 5.90 Å². The minimum absolute atomic E-state index is 0.107. The van der Waals surface area contributed by atoms with Crippen LogP contribution >= 0.6 is 0 Å². The summed E-state index contributed by atoms with van der Waals surface area (Å²) in [5, 5.41) is 39.6. The van der Waals surface area contributed by atoms with E-state index in [0.29, 0.717) is 18.8 Å². The van der Waals surface area contributed by atoms with E-state index in [2.05, 4.69) is 38.1 Å². The summed E-state index contributed by atoms with van der Waals surface area (Å²) in [6.45, 7) is 4.48. The Hall–Kier alpha value is -2.36.